The van der Waals surface area contributed by atoms with Gasteiger partial charge in [0.05, 0.1) is 14.9 Å². The molecule has 5 nitrogen and oxygen atoms in total. The van der Waals surface area contributed by atoms with Gasteiger partial charge in [-0.25, -0.2) is 13.1 Å². The Morgan fingerprint density at radius 2 is 1.75 bits per heavy atom. The summed E-state index contributed by atoms with van der Waals surface area (Å²) in [6.45, 7) is -0.0536. The lowest BCUT2D eigenvalue weighted by Gasteiger charge is -2.08. The molecule has 2 rings (SSSR count). The van der Waals surface area contributed by atoms with Crippen molar-refractivity contribution in [2.45, 2.75) is 11.3 Å². The molecule has 0 heterocycles. The van der Waals surface area contributed by atoms with E-state index in [0.29, 0.717) is 20.8 Å². The summed E-state index contributed by atoms with van der Waals surface area (Å²) in [7, 11) is -3.72. The van der Waals surface area contributed by atoms with E-state index in [0.717, 1.165) is 0 Å². The van der Waals surface area contributed by atoms with Crippen molar-refractivity contribution in [1.82, 2.24) is 4.72 Å². The number of hydrogen-bond acceptors (Lipinski definition) is 3. The summed E-state index contributed by atoms with van der Waals surface area (Å²) in [5.74, 6) is -0.359. The number of amides is 1. The smallest absolute Gasteiger partial charge is 0.240 e. The molecule has 0 spiro atoms. The second-order valence-corrected chi connectivity index (χ2v) is 7.80. The van der Waals surface area contributed by atoms with Crippen LogP contribution < -0.4 is 10.0 Å². The lowest BCUT2D eigenvalue weighted by Crippen LogP contribution is -2.27. The van der Waals surface area contributed by atoms with Crippen LogP contribution in [-0.2, 0) is 14.8 Å². The van der Waals surface area contributed by atoms with Crippen LogP contribution in [0.3, 0.4) is 0 Å². The Bertz CT molecular complexity index is 857. The summed E-state index contributed by atoms with van der Waals surface area (Å²) < 4.78 is 26.5. The minimum absolute atomic E-state index is 0.0416. The van der Waals surface area contributed by atoms with Gasteiger partial charge in [-0.2, -0.15) is 0 Å². The van der Waals surface area contributed by atoms with Crippen LogP contribution in [0, 0.1) is 0 Å². The number of halogens is 3. The van der Waals surface area contributed by atoms with Crippen LogP contribution in [0.1, 0.15) is 6.42 Å². The third kappa shape index (κ3) is 5.36. The first-order valence-electron chi connectivity index (χ1n) is 6.78. The maximum absolute atomic E-state index is 12.1. The van der Waals surface area contributed by atoms with Crippen molar-refractivity contribution in [3.8, 4) is 0 Å². The standard InChI is InChI=1S/C15H13Cl3N2O3S/c16-10-2-1-3-12(8-10)24(22,23)19-7-6-15(21)20-11-4-5-13(17)14(18)9-11/h1-5,8-9,19H,6-7H2,(H,20,21). The summed E-state index contributed by atoms with van der Waals surface area (Å²) in [4.78, 5) is 11.9. The van der Waals surface area contributed by atoms with E-state index < -0.39 is 10.0 Å². The van der Waals surface area contributed by atoms with Crippen molar-refractivity contribution in [3.05, 3.63) is 57.5 Å². The number of benzene rings is 2. The van der Waals surface area contributed by atoms with Crippen molar-refractivity contribution < 1.29 is 13.2 Å². The van der Waals surface area contributed by atoms with Crippen LogP contribution in [0.5, 0.6) is 0 Å². The van der Waals surface area contributed by atoms with Crippen molar-refractivity contribution >= 4 is 56.4 Å². The monoisotopic (exact) mass is 406 g/mol. The van der Waals surface area contributed by atoms with E-state index >= 15 is 0 Å². The van der Waals surface area contributed by atoms with Gasteiger partial charge in [-0.1, -0.05) is 40.9 Å². The summed E-state index contributed by atoms with van der Waals surface area (Å²) in [6.07, 6.45) is -0.0416. The molecule has 0 aliphatic rings. The fraction of sp³-hybridized carbons (Fsp3) is 0.133. The van der Waals surface area contributed by atoms with Gasteiger partial charge < -0.3 is 5.32 Å². The molecule has 0 saturated heterocycles. The van der Waals surface area contributed by atoms with Crippen molar-refractivity contribution in [2.75, 3.05) is 11.9 Å². The van der Waals surface area contributed by atoms with E-state index in [1.807, 2.05) is 0 Å². The molecule has 0 bridgehead atoms. The normalized spacial score (nSPS) is 11.3. The average Bonchev–Trinajstić information content (AvgIpc) is 2.51. The predicted octanol–water partition coefficient (Wildman–Crippen LogP) is 3.95. The third-order valence-corrected chi connectivity index (χ3v) is 5.39. The number of anilines is 1. The Hall–Kier alpha value is -1.31. The zero-order valence-corrected chi connectivity index (χ0v) is 15.3. The van der Waals surface area contributed by atoms with Crippen LogP contribution in [0.15, 0.2) is 47.4 Å². The number of nitrogens with one attached hydrogen (secondary N) is 2. The largest absolute Gasteiger partial charge is 0.326 e. The molecule has 0 saturated carbocycles. The van der Waals surface area contributed by atoms with E-state index in [1.165, 1.54) is 24.3 Å². The van der Waals surface area contributed by atoms with Crippen LogP contribution in [-0.4, -0.2) is 20.9 Å². The molecule has 1 amide bonds. The van der Waals surface area contributed by atoms with E-state index in [1.54, 1.807) is 18.2 Å². The highest BCUT2D eigenvalue weighted by Gasteiger charge is 2.14. The van der Waals surface area contributed by atoms with Gasteiger partial charge in [-0.15, -0.1) is 0 Å². The highest BCUT2D eigenvalue weighted by atomic mass is 35.5. The molecule has 2 aromatic rings. The van der Waals surface area contributed by atoms with Crippen molar-refractivity contribution in [3.63, 3.8) is 0 Å². The highest BCUT2D eigenvalue weighted by Crippen LogP contribution is 2.25. The van der Waals surface area contributed by atoms with E-state index in [4.69, 9.17) is 34.8 Å². The summed E-state index contributed by atoms with van der Waals surface area (Å²) in [5, 5.41) is 3.62. The molecule has 0 aliphatic heterocycles. The number of hydrogen-bond donors (Lipinski definition) is 2. The first-order chi connectivity index (χ1) is 11.3. The Balaban J connectivity index is 1.89. The molecule has 0 radical (unpaired) electrons. The fourth-order valence-electron chi connectivity index (χ4n) is 1.81. The average molecular weight is 408 g/mol. The molecule has 0 atom stereocenters. The molecule has 9 heteroatoms. The van der Waals surface area contributed by atoms with Crippen LogP contribution in [0.2, 0.25) is 15.1 Å². The number of rotatable bonds is 6. The SMILES string of the molecule is O=C(CCNS(=O)(=O)c1cccc(Cl)c1)Nc1ccc(Cl)c(Cl)c1. The molecule has 0 aliphatic carbocycles. The van der Waals surface area contributed by atoms with Crippen LogP contribution in [0.4, 0.5) is 5.69 Å². The molecular weight excluding hydrogens is 395 g/mol. The molecule has 0 unspecified atom stereocenters. The molecule has 24 heavy (non-hydrogen) atoms. The lowest BCUT2D eigenvalue weighted by molar-refractivity contribution is -0.116. The van der Waals surface area contributed by atoms with Gasteiger partial charge in [0, 0.05) is 23.7 Å². The summed E-state index contributed by atoms with van der Waals surface area (Å²) in [5.41, 5.74) is 0.479. The number of carbonyl (C=O) groups is 1. The zero-order valence-electron chi connectivity index (χ0n) is 12.2. The Labute approximate surface area is 155 Å². The third-order valence-electron chi connectivity index (χ3n) is 2.95. The van der Waals surface area contributed by atoms with Gasteiger partial charge in [-0.05, 0) is 36.4 Å². The maximum Gasteiger partial charge on any atom is 0.240 e. The summed E-state index contributed by atoms with van der Waals surface area (Å²) >= 11 is 17.4. The van der Waals surface area contributed by atoms with Gasteiger partial charge >= 0.3 is 0 Å². The first-order valence-corrected chi connectivity index (χ1v) is 9.40. The maximum atomic E-state index is 12.1. The molecule has 128 valence electrons. The highest BCUT2D eigenvalue weighted by molar-refractivity contribution is 7.89. The Morgan fingerprint density at radius 1 is 1.00 bits per heavy atom. The molecule has 2 aromatic carbocycles. The predicted molar refractivity (Wildman–Crippen MR) is 96.3 cm³/mol. The van der Waals surface area contributed by atoms with Gasteiger partial charge in [0.1, 0.15) is 0 Å². The Morgan fingerprint density at radius 3 is 2.42 bits per heavy atom. The second-order valence-electron chi connectivity index (χ2n) is 4.78. The van der Waals surface area contributed by atoms with E-state index in [9.17, 15) is 13.2 Å². The van der Waals surface area contributed by atoms with Gasteiger partial charge in [-0.3, -0.25) is 4.79 Å². The first kappa shape index (κ1) is 19.0. The summed E-state index contributed by atoms with van der Waals surface area (Å²) in [6, 6.07) is 10.5. The van der Waals surface area contributed by atoms with Gasteiger partial charge in [0.15, 0.2) is 0 Å². The van der Waals surface area contributed by atoms with E-state index in [-0.39, 0.29) is 23.8 Å². The van der Waals surface area contributed by atoms with Crippen LogP contribution in [0.25, 0.3) is 0 Å². The number of carbonyl (C=O) groups excluding carboxylic acids is 1. The fourth-order valence-corrected chi connectivity index (χ4v) is 3.44. The minimum atomic E-state index is -3.72. The minimum Gasteiger partial charge on any atom is -0.326 e. The van der Waals surface area contributed by atoms with Crippen molar-refractivity contribution in [2.24, 2.45) is 0 Å². The number of sulfonamides is 1. The van der Waals surface area contributed by atoms with E-state index in [2.05, 4.69) is 10.0 Å². The zero-order chi connectivity index (χ0) is 17.7. The van der Waals surface area contributed by atoms with Crippen molar-refractivity contribution in [1.29, 1.82) is 0 Å². The molecule has 2 N–H and O–H groups in total. The van der Waals surface area contributed by atoms with Crippen LogP contribution >= 0.6 is 34.8 Å². The molecule has 0 fully saturated rings. The molecule has 0 aromatic heterocycles. The van der Waals surface area contributed by atoms with Gasteiger partial charge in [0.2, 0.25) is 15.9 Å². The Kier molecular flexibility index (Phi) is 6.48. The van der Waals surface area contributed by atoms with Gasteiger partial charge in [0.25, 0.3) is 0 Å². The second kappa shape index (κ2) is 8.18. The topological polar surface area (TPSA) is 75.3 Å². The quantitative estimate of drug-likeness (QED) is 0.761. The lowest BCUT2D eigenvalue weighted by atomic mass is 10.3. The molecular formula is C15H13Cl3N2O3S.